The van der Waals surface area contributed by atoms with Gasteiger partial charge in [-0.2, -0.15) is 13.2 Å². The van der Waals surface area contributed by atoms with Crippen molar-refractivity contribution in [2.24, 2.45) is 0 Å². The Bertz CT molecular complexity index is 471. The molecule has 1 atom stereocenters. The molecule has 0 aromatic heterocycles. The van der Waals surface area contributed by atoms with Gasteiger partial charge < -0.3 is 10.2 Å². The summed E-state index contributed by atoms with van der Waals surface area (Å²) in [5.74, 6) is 0. The molecule has 0 radical (unpaired) electrons. The molecule has 0 amide bonds. The molecule has 0 aliphatic carbocycles. The van der Waals surface area contributed by atoms with Gasteiger partial charge >= 0.3 is 6.18 Å². The van der Waals surface area contributed by atoms with E-state index >= 15 is 0 Å². The molecule has 1 heterocycles. The largest absolute Gasteiger partial charge is 0.416 e. The smallest absolute Gasteiger partial charge is 0.369 e. The Morgan fingerprint density at radius 3 is 2.67 bits per heavy atom. The number of hydrogen-bond acceptors (Lipinski definition) is 2. The molecule has 5 heteroatoms. The predicted octanol–water partition coefficient (Wildman–Crippen LogP) is 4.19. The fraction of sp³-hybridized carbons (Fsp3) is 0.625. The highest BCUT2D eigenvalue weighted by Gasteiger charge is 2.34. The first kappa shape index (κ1) is 16.1. The van der Waals surface area contributed by atoms with E-state index in [0.29, 0.717) is 17.3 Å². The van der Waals surface area contributed by atoms with Crippen molar-refractivity contribution < 1.29 is 13.2 Å². The maximum atomic E-state index is 13.3. The van der Waals surface area contributed by atoms with Gasteiger partial charge in [0, 0.05) is 24.8 Å². The van der Waals surface area contributed by atoms with E-state index in [9.17, 15) is 13.2 Å². The van der Waals surface area contributed by atoms with Crippen LogP contribution in [0.2, 0.25) is 0 Å². The summed E-state index contributed by atoms with van der Waals surface area (Å²) in [5, 5.41) is 2.80. The number of hydrogen-bond donors (Lipinski definition) is 1. The van der Waals surface area contributed by atoms with Crippen LogP contribution in [0.25, 0.3) is 0 Å². The molecular formula is C16H23F3N2. The minimum Gasteiger partial charge on any atom is -0.369 e. The van der Waals surface area contributed by atoms with Crippen molar-refractivity contribution in [1.29, 1.82) is 0 Å². The van der Waals surface area contributed by atoms with E-state index in [0.717, 1.165) is 32.2 Å². The maximum absolute atomic E-state index is 13.3. The Labute approximate surface area is 124 Å². The minimum absolute atomic E-state index is 0.227. The molecule has 1 N–H and O–H groups in total. The van der Waals surface area contributed by atoms with Crippen molar-refractivity contribution in [1.82, 2.24) is 5.32 Å². The van der Waals surface area contributed by atoms with Gasteiger partial charge in [-0.25, -0.2) is 0 Å². The highest BCUT2D eigenvalue weighted by molar-refractivity contribution is 5.52. The van der Waals surface area contributed by atoms with Crippen LogP contribution >= 0.6 is 0 Å². The lowest BCUT2D eigenvalue weighted by molar-refractivity contribution is -0.138. The van der Waals surface area contributed by atoms with Crippen LogP contribution in [0, 0.1) is 0 Å². The first-order valence-electron chi connectivity index (χ1n) is 7.55. The van der Waals surface area contributed by atoms with Gasteiger partial charge in [-0.3, -0.25) is 0 Å². The van der Waals surface area contributed by atoms with E-state index in [1.807, 2.05) is 6.07 Å². The van der Waals surface area contributed by atoms with Gasteiger partial charge in [0.15, 0.2) is 0 Å². The van der Waals surface area contributed by atoms with Gasteiger partial charge in [0.1, 0.15) is 0 Å². The van der Waals surface area contributed by atoms with E-state index in [1.54, 1.807) is 13.1 Å². The summed E-state index contributed by atoms with van der Waals surface area (Å²) in [5.41, 5.74) is 0.471. The first-order chi connectivity index (χ1) is 9.93. The molecule has 1 aliphatic heterocycles. The monoisotopic (exact) mass is 300 g/mol. The van der Waals surface area contributed by atoms with Crippen LogP contribution < -0.4 is 10.2 Å². The summed E-state index contributed by atoms with van der Waals surface area (Å²) in [7, 11) is 1.66. The maximum Gasteiger partial charge on any atom is 0.416 e. The van der Waals surface area contributed by atoms with Crippen LogP contribution in [0.1, 0.15) is 43.7 Å². The Morgan fingerprint density at radius 2 is 2.00 bits per heavy atom. The third kappa shape index (κ3) is 3.90. The second-order valence-electron chi connectivity index (χ2n) is 5.76. The Balaban J connectivity index is 2.36. The zero-order valence-corrected chi connectivity index (χ0v) is 12.6. The molecule has 1 aliphatic rings. The molecule has 118 valence electrons. The number of anilines is 1. The lowest BCUT2D eigenvalue weighted by Crippen LogP contribution is -2.32. The summed E-state index contributed by atoms with van der Waals surface area (Å²) >= 11 is 0. The van der Waals surface area contributed by atoms with Crippen molar-refractivity contribution in [2.75, 3.05) is 18.5 Å². The van der Waals surface area contributed by atoms with E-state index in [2.05, 4.69) is 17.1 Å². The zero-order valence-electron chi connectivity index (χ0n) is 12.6. The molecule has 0 bridgehead atoms. The topological polar surface area (TPSA) is 15.3 Å². The normalized spacial score (nSPS) is 20.4. The fourth-order valence-corrected chi connectivity index (χ4v) is 3.01. The highest BCUT2D eigenvalue weighted by atomic mass is 19.4. The molecule has 21 heavy (non-hydrogen) atoms. The summed E-state index contributed by atoms with van der Waals surface area (Å²) in [6.45, 7) is 3.16. The molecule has 2 rings (SSSR count). The molecule has 1 saturated heterocycles. The minimum atomic E-state index is -4.31. The van der Waals surface area contributed by atoms with Crippen LogP contribution in [0.15, 0.2) is 18.2 Å². The third-order valence-corrected chi connectivity index (χ3v) is 4.15. The van der Waals surface area contributed by atoms with E-state index in [1.165, 1.54) is 6.07 Å². The number of nitrogens with one attached hydrogen (secondary N) is 1. The van der Waals surface area contributed by atoms with Gasteiger partial charge in [0.05, 0.1) is 5.56 Å². The van der Waals surface area contributed by atoms with Crippen LogP contribution in [0.5, 0.6) is 0 Å². The van der Waals surface area contributed by atoms with Crippen LogP contribution in [-0.2, 0) is 12.7 Å². The van der Waals surface area contributed by atoms with Gasteiger partial charge in [-0.1, -0.05) is 18.9 Å². The van der Waals surface area contributed by atoms with Crippen molar-refractivity contribution >= 4 is 5.69 Å². The van der Waals surface area contributed by atoms with Crippen molar-refractivity contribution in [2.45, 2.75) is 51.4 Å². The fourth-order valence-electron chi connectivity index (χ4n) is 3.01. The lowest BCUT2D eigenvalue weighted by atomic mass is 10.0. The van der Waals surface area contributed by atoms with Crippen LogP contribution in [0.3, 0.4) is 0 Å². The van der Waals surface area contributed by atoms with Crippen LogP contribution in [0.4, 0.5) is 18.9 Å². The molecule has 1 unspecified atom stereocenters. The quantitative estimate of drug-likeness (QED) is 0.900. The van der Waals surface area contributed by atoms with Gasteiger partial charge in [0.25, 0.3) is 0 Å². The second-order valence-corrected chi connectivity index (χ2v) is 5.76. The van der Waals surface area contributed by atoms with Gasteiger partial charge in [-0.05, 0) is 44.5 Å². The number of halogens is 3. The van der Waals surface area contributed by atoms with E-state index in [-0.39, 0.29) is 6.54 Å². The predicted molar refractivity (Wildman–Crippen MR) is 79.5 cm³/mol. The summed E-state index contributed by atoms with van der Waals surface area (Å²) in [6, 6.07) is 5.04. The van der Waals surface area contributed by atoms with Crippen molar-refractivity contribution in [3.8, 4) is 0 Å². The standard InChI is InChI=1S/C16H23F3N2/c1-12-6-4-3-5-9-21(12)14-8-7-13(11-20-2)15(10-14)16(17,18)19/h7-8,10,12,20H,3-6,9,11H2,1-2H3. The van der Waals surface area contributed by atoms with Gasteiger partial charge in [-0.15, -0.1) is 0 Å². The van der Waals surface area contributed by atoms with E-state index < -0.39 is 11.7 Å². The summed E-state index contributed by atoms with van der Waals surface area (Å²) in [6.07, 6.45) is 0.0906. The molecule has 1 aromatic carbocycles. The summed E-state index contributed by atoms with van der Waals surface area (Å²) in [4.78, 5) is 2.12. The lowest BCUT2D eigenvalue weighted by Gasteiger charge is -2.30. The summed E-state index contributed by atoms with van der Waals surface area (Å²) < 4.78 is 39.8. The third-order valence-electron chi connectivity index (χ3n) is 4.15. The number of rotatable bonds is 3. The molecular weight excluding hydrogens is 277 g/mol. The van der Waals surface area contributed by atoms with Gasteiger partial charge in [0.2, 0.25) is 0 Å². The number of nitrogens with zero attached hydrogens (tertiary/aromatic N) is 1. The Kier molecular flexibility index (Phi) is 5.14. The van der Waals surface area contributed by atoms with Crippen molar-refractivity contribution in [3.05, 3.63) is 29.3 Å². The average molecular weight is 300 g/mol. The average Bonchev–Trinajstić information content (AvgIpc) is 2.63. The molecule has 1 fully saturated rings. The van der Waals surface area contributed by atoms with Crippen LogP contribution in [-0.4, -0.2) is 19.6 Å². The zero-order chi connectivity index (χ0) is 15.5. The Morgan fingerprint density at radius 1 is 1.24 bits per heavy atom. The SMILES string of the molecule is CNCc1ccc(N2CCCCCC2C)cc1C(F)(F)F. The number of alkyl halides is 3. The molecule has 1 aromatic rings. The van der Waals surface area contributed by atoms with Crippen molar-refractivity contribution in [3.63, 3.8) is 0 Å². The first-order valence-corrected chi connectivity index (χ1v) is 7.55. The molecule has 2 nitrogen and oxygen atoms in total. The Hall–Kier alpha value is -1.23. The molecule has 0 spiro atoms. The van der Waals surface area contributed by atoms with E-state index in [4.69, 9.17) is 0 Å². The second kappa shape index (κ2) is 6.69. The molecule has 0 saturated carbocycles. The highest BCUT2D eigenvalue weighted by Crippen LogP contribution is 2.35. The number of benzene rings is 1.